The molecule has 26 heavy (non-hydrogen) atoms. The van der Waals surface area contributed by atoms with Gasteiger partial charge in [0.1, 0.15) is 5.69 Å². The van der Waals surface area contributed by atoms with E-state index in [0.717, 1.165) is 22.3 Å². The molecule has 3 heteroatoms. The highest BCUT2D eigenvalue weighted by atomic mass is 35.5. The third kappa shape index (κ3) is 2.12. The van der Waals surface area contributed by atoms with Gasteiger partial charge in [-0.3, -0.25) is 0 Å². The first-order valence-electron chi connectivity index (χ1n) is 8.73. The van der Waals surface area contributed by atoms with Gasteiger partial charge in [0.05, 0.1) is 11.0 Å². The third-order valence-electron chi connectivity index (χ3n) is 5.38. The molecule has 0 bridgehead atoms. The second kappa shape index (κ2) is 5.39. The van der Waals surface area contributed by atoms with Gasteiger partial charge in [0.15, 0.2) is 5.15 Å². The molecule has 2 nitrogen and oxygen atoms in total. The molecule has 4 aromatic rings. The van der Waals surface area contributed by atoms with Crippen LogP contribution in [0.4, 0.5) is 0 Å². The van der Waals surface area contributed by atoms with Crippen molar-refractivity contribution in [3.05, 3.63) is 83.0 Å². The number of benzene rings is 3. The summed E-state index contributed by atoms with van der Waals surface area (Å²) in [4.78, 5) is 9.30. The minimum atomic E-state index is -0.0430. The molecule has 1 heterocycles. The lowest BCUT2D eigenvalue weighted by Gasteiger charge is -2.22. The van der Waals surface area contributed by atoms with Crippen LogP contribution >= 0.6 is 11.6 Å². The van der Waals surface area contributed by atoms with Crippen LogP contribution in [0.2, 0.25) is 5.15 Å². The van der Waals surface area contributed by atoms with Gasteiger partial charge < -0.3 is 0 Å². The molecule has 5 rings (SSSR count). The Labute approximate surface area is 157 Å². The van der Waals surface area contributed by atoms with Crippen LogP contribution < -0.4 is 0 Å². The quantitative estimate of drug-likeness (QED) is 0.402. The fourth-order valence-electron chi connectivity index (χ4n) is 4.01. The number of rotatable bonds is 1. The summed E-state index contributed by atoms with van der Waals surface area (Å²) >= 11 is 6.48. The highest BCUT2D eigenvalue weighted by molar-refractivity contribution is 6.32. The molecular formula is C23H17ClN2. The number of nitrogens with zero attached hydrogens (tertiary/aromatic N) is 2. The summed E-state index contributed by atoms with van der Waals surface area (Å²) < 4.78 is 0. The van der Waals surface area contributed by atoms with Crippen molar-refractivity contribution >= 4 is 22.6 Å². The van der Waals surface area contributed by atoms with Gasteiger partial charge in [0, 0.05) is 11.0 Å². The molecule has 0 unspecified atom stereocenters. The first kappa shape index (κ1) is 15.5. The zero-order chi connectivity index (χ0) is 17.9. The van der Waals surface area contributed by atoms with Crippen LogP contribution in [0.3, 0.4) is 0 Å². The Morgan fingerprint density at radius 2 is 1.38 bits per heavy atom. The van der Waals surface area contributed by atoms with Crippen molar-refractivity contribution in [3.8, 4) is 22.4 Å². The second-order valence-corrected chi connectivity index (χ2v) is 7.64. The highest BCUT2D eigenvalue weighted by Gasteiger charge is 2.35. The van der Waals surface area contributed by atoms with Gasteiger partial charge in [-0.15, -0.1) is 0 Å². The van der Waals surface area contributed by atoms with Gasteiger partial charge in [0.25, 0.3) is 0 Å². The van der Waals surface area contributed by atoms with E-state index in [9.17, 15) is 0 Å². The Bertz CT molecular complexity index is 1180. The van der Waals surface area contributed by atoms with Gasteiger partial charge in [-0.1, -0.05) is 74.0 Å². The molecule has 126 valence electrons. The van der Waals surface area contributed by atoms with Crippen LogP contribution in [0.1, 0.15) is 25.0 Å². The molecule has 0 radical (unpaired) electrons. The number of fused-ring (bicyclic) bond motifs is 4. The number of hydrogen-bond donors (Lipinski definition) is 0. The molecule has 0 N–H and O–H groups in total. The number of para-hydroxylation sites is 2. The zero-order valence-electron chi connectivity index (χ0n) is 14.6. The summed E-state index contributed by atoms with van der Waals surface area (Å²) in [5, 5.41) is 0.442. The standard InChI is InChI=1S/C23H17ClN2/c1-23(2)17-8-4-3-7-15(17)16-12-11-14(13-18(16)23)21-22(24)26-20-10-6-5-9-19(20)25-21/h3-13H,1-2H3. The van der Waals surface area contributed by atoms with Crippen molar-refractivity contribution in [2.24, 2.45) is 0 Å². The fraction of sp³-hybridized carbons (Fsp3) is 0.130. The first-order valence-corrected chi connectivity index (χ1v) is 9.10. The maximum absolute atomic E-state index is 6.48. The van der Waals surface area contributed by atoms with Crippen LogP contribution in [0.25, 0.3) is 33.4 Å². The molecular weight excluding hydrogens is 340 g/mol. The molecule has 0 atom stereocenters. The molecule has 0 amide bonds. The Hall–Kier alpha value is -2.71. The molecule has 0 spiro atoms. The van der Waals surface area contributed by atoms with E-state index in [1.54, 1.807) is 0 Å². The van der Waals surface area contributed by atoms with Crippen molar-refractivity contribution in [3.63, 3.8) is 0 Å². The molecule has 0 fully saturated rings. The van der Waals surface area contributed by atoms with Crippen molar-refractivity contribution in [2.75, 3.05) is 0 Å². The number of aromatic nitrogens is 2. The van der Waals surface area contributed by atoms with Crippen LogP contribution in [0.15, 0.2) is 66.7 Å². The van der Waals surface area contributed by atoms with E-state index in [0.29, 0.717) is 5.15 Å². The Morgan fingerprint density at radius 1 is 0.731 bits per heavy atom. The maximum atomic E-state index is 6.48. The monoisotopic (exact) mass is 356 g/mol. The van der Waals surface area contributed by atoms with Crippen LogP contribution in [0.5, 0.6) is 0 Å². The van der Waals surface area contributed by atoms with Gasteiger partial charge >= 0.3 is 0 Å². The molecule has 1 aliphatic rings. The Kier molecular flexibility index (Phi) is 3.22. The average Bonchev–Trinajstić information content (AvgIpc) is 2.89. The van der Waals surface area contributed by atoms with E-state index < -0.39 is 0 Å². The summed E-state index contributed by atoms with van der Waals surface area (Å²) in [5.41, 5.74) is 8.65. The SMILES string of the molecule is CC1(C)c2ccccc2-c2ccc(-c3nc4ccccc4nc3Cl)cc21. The minimum Gasteiger partial charge on any atom is -0.243 e. The van der Waals surface area contributed by atoms with E-state index in [1.165, 1.54) is 22.3 Å². The third-order valence-corrected chi connectivity index (χ3v) is 5.65. The highest BCUT2D eigenvalue weighted by Crippen LogP contribution is 2.49. The molecule has 3 aromatic carbocycles. The molecule has 1 aliphatic carbocycles. The Balaban J connectivity index is 1.73. The minimum absolute atomic E-state index is 0.0430. The van der Waals surface area contributed by atoms with Crippen LogP contribution in [-0.4, -0.2) is 9.97 Å². The molecule has 0 saturated heterocycles. The fourth-order valence-corrected chi connectivity index (χ4v) is 4.26. The van der Waals surface area contributed by atoms with Crippen LogP contribution in [0, 0.1) is 0 Å². The van der Waals surface area contributed by atoms with Crippen molar-refractivity contribution in [1.29, 1.82) is 0 Å². The van der Waals surface area contributed by atoms with Crippen LogP contribution in [-0.2, 0) is 5.41 Å². The maximum Gasteiger partial charge on any atom is 0.156 e. The largest absolute Gasteiger partial charge is 0.243 e. The summed E-state index contributed by atoms with van der Waals surface area (Å²) in [7, 11) is 0. The lowest BCUT2D eigenvalue weighted by atomic mass is 9.82. The predicted octanol–water partition coefficient (Wildman–Crippen LogP) is 6.26. The molecule has 0 aliphatic heterocycles. The smallest absolute Gasteiger partial charge is 0.156 e. The first-order chi connectivity index (χ1) is 12.6. The lowest BCUT2D eigenvalue weighted by Crippen LogP contribution is -2.14. The predicted molar refractivity (Wildman–Crippen MR) is 108 cm³/mol. The number of hydrogen-bond acceptors (Lipinski definition) is 2. The van der Waals surface area contributed by atoms with E-state index >= 15 is 0 Å². The summed E-state index contributed by atoms with van der Waals surface area (Å²) in [5.74, 6) is 0. The number of halogens is 1. The van der Waals surface area contributed by atoms with Gasteiger partial charge in [0.2, 0.25) is 0 Å². The van der Waals surface area contributed by atoms with Crippen molar-refractivity contribution in [1.82, 2.24) is 9.97 Å². The average molecular weight is 357 g/mol. The van der Waals surface area contributed by atoms with Crippen molar-refractivity contribution in [2.45, 2.75) is 19.3 Å². The second-order valence-electron chi connectivity index (χ2n) is 7.28. The van der Waals surface area contributed by atoms with Gasteiger partial charge in [-0.25, -0.2) is 9.97 Å². The summed E-state index contributed by atoms with van der Waals surface area (Å²) in [6.45, 7) is 4.55. The van der Waals surface area contributed by atoms with E-state index in [2.05, 4.69) is 61.3 Å². The van der Waals surface area contributed by atoms with E-state index in [-0.39, 0.29) is 5.41 Å². The lowest BCUT2D eigenvalue weighted by molar-refractivity contribution is 0.660. The molecule has 0 saturated carbocycles. The van der Waals surface area contributed by atoms with E-state index in [1.807, 2.05) is 24.3 Å². The summed E-state index contributed by atoms with van der Waals surface area (Å²) in [6, 6.07) is 23.0. The molecule has 1 aromatic heterocycles. The van der Waals surface area contributed by atoms with Gasteiger partial charge in [-0.2, -0.15) is 0 Å². The van der Waals surface area contributed by atoms with Gasteiger partial charge in [-0.05, 0) is 40.5 Å². The topological polar surface area (TPSA) is 25.8 Å². The van der Waals surface area contributed by atoms with Crippen molar-refractivity contribution < 1.29 is 0 Å². The summed E-state index contributed by atoms with van der Waals surface area (Å²) in [6.07, 6.45) is 0. The normalized spacial score (nSPS) is 14.3. The van der Waals surface area contributed by atoms with E-state index in [4.69, 9.17) is 16.6 Å². The zero-order valence-corrected chi connectivity index (χ0v) is 15.4. The Morgan fingerprint density at radius 3 is 2.19 bits per heavy atom.